The van der Waals surface area contributed by atoms with Crippen LogP contribution in [-0.4, -0.2) is 34.3 Å². The Morgan fingerprint density at radius 1 is 1.09 bits per heavy atom. The average Bonchev–Trinajstić information content (AvgIpc) is 2.84. The molecule has 0 bridgehead atoms. The van der Waals surface area contributed by atoms with Crippen molar-refractivity contribution in [3.63, 3.8) is 0 Å². The van der Waals surface area contributed by atoms with Gasteiger partial charge in [0.2, 0.25) is 0 Å². The van der Waals surface area contributed by atoms with Crippen molar-refractivity contribution in [3.05, 3.63) is 23.4 Å². The van der Waals surface area contributed by atoms with E-state index in [1.54, 1.807) is 12.1 Å². The van der Waals surface area contributed by atoms with Gasteiger partial charge in [-0.05, 0) is 50.3 Å². The molecular formula is C18H23N3O2. The Balaban J connectivity index is 1.81. The zero-order valence-electron chi connectivity index (χ0n) is 13.2. The first kappa shape index (κ1) is 14.6. The fraction of sp³-hybridized carbons (Fsp3) is 0.500. The highest BCUT2D eigenvalue weighted by Gasteiger charge is 2.23. The molecule has 1 saturated heterocycles. The van der Waals surface area contributed by atoms with Crippen LogP contribution in [0.15, 0.2) is 12.1 Å². The van der Waals surface area contributed by atoms with Crippen molar-refractivity contribution >= 4 is 16.6 Å². The summed E-state index contributed by atoms with van der Waals surface area (Å²) in [5, 5.41) is 27.8. The second kappa shape index (κ2) is 5.89. The van der Waals surface area contributed by atoms with Crippen molar-refractivity contribution in [3.8, 4) is 11.5 Å². The van der Waals surface area contributed by atoms with Crippen molar-refractivity contribution in [1.82, 2.24) is 10.3 Å². The number of anilines is 1. The molecule has 0 spiro atoms. The number of hydrogen-bond donors (Lipinski definition) is 4. The van der Waals surface area contributed by atoms with E-state index in [0.717, 1.165) is 61.1 Å². The summed E-state index contributed by atoms with van der Waals surface area (Å²) in [6.07, 6.45) is 6.74. The molecule has 0 saturated carbocycles. The van der Waals surface area contributed by atoms with Crippen LogP contribution in [0.4, 0.5) is 5.69 Å². The lowest BCUT2D eigenvalue weighted by Crippen LogP contribution is -2.31. The molecule has 4 N–H and O–H groups in total. The summed E-state index contributed by atoms with van der Waals surface area (Å²) < 4.78 is 0. The van der Waals surface area contributed by atoms with Gasteiger partial charge in [0.15, 0.2) is 11.5 Å². The van der Waals surface area contributed by atoms with Gasteiger partial charge in [-0.1, -0.05) is 6.42 Å². The Hall–Kier alpha value is -2.01. The van der Waals surface area contributed by atoms with Gasteiger partial charge >= 0.3 is 0 Å². The maximum Gasteiger partial charge on any atom is 0.159 e. The van der Waals surface area contributed by atoms with Crippen LogP contribution < -0.4 is 10.6 Å². The first-order valence-electron chi connectivity index (χ1n) is 8.57. The van der Waals surface area contributed by atoms with Crippen LogP contribution in [-0.2, 0) is 12.8 Å². The number of hydrogen-bond acceptors (Lipinski definition) is 5. The molecule has 1 aromatic carbocycles. The number of phenols is 2. The van der Waals surface area contributed by atoms with E-state index < -0.39 is 0 Å². The number of nitrogens with one attached hydrogen (secondary N) is 2. The van der Waals surface area contributed by atoms with Gasteiger partial charge in [0.25, 0.3) is 0 Å². The van der Waals surface area contributed by atoms with Crippen LogP contribution in [0.1, 0.15) is 36.9 Å². The quantitative estimate of drug-likeness (QED) is 0.641. The summed E-state index contributed by atoms with van der Waals surface area (Å²) >= 11 is 0. The van der Waals surface area contributed by atoms with Crippen molar-refractivity contribution in [1.29, 1.82) is 0 Å². The van der Waals surface area contributed by atoms with Crippen LogP contribution in [0.25, 0.3) is 10.9 Å². The molecule has 2 aromatic rings. The normalized spacial score (nSPS) is 21.1. The van der Waals surface area contributed by atoms with Gasteiger partial charge in [-0.3, -0.25) is 4.98 Å². The molecule has 1 aliphatic carbocycles. The number of aromatic nitrogens is 1. The third-order valence-corrected chi connectivity index (χ3v) is 5.00. The zero-order valence-corrected chi connectivity index (χ0v) is 13.2. The number of phenolic OH excluding ortho intramolecular Hbond substituents is 2. The first-order chi connectivity index (χ1) is 11.2. The summed E-state index contributed by atoms with van der Waals surface area (Å²) in [5.41, 5.74) is 4.27. The average molecular weight is 313 g/mol. The monoisotopic (exact) mass is 313 g/mol. The Morgan fingerprint density at radius 3 is 2.87 bits per heavy atom. The lowest BCUT2D eigenvalue weighted by atomic mass is 10.0. The number of fused-ring (bicyclic) bond motifs is 2. The molecule has 4 rings (SSSR count). The number of pyridine rings is 1. The number of rotatable bonds is 2. The maximum atomic E-state index is 9.92. The van der Waals surface area contributed by atoms with Crippen LogP contribution in [0.2, 0.25) is 0 Å². The molecule has 5 nitrogen and oxygen atoms in total. The minimum atomic E-state index is -0.106. The molecule has 5 heteroatoms. The standard InChI is InChI=1S/C18H23N3O2/c22-16-8-13-15(9-17(16)23)21-14-6-3-5-12(14)18(13)20-11-4-1-2-7-19-10-11/h8-9,11,19,22-23H,1-7,10H2,(H,20,21)/t11-/m1/s1. The Labute approximate surface area is 135 Å². The Kier molecular flexibility index (Phi) is 3.73. The lowest BCUT2D eigenvalue weighted by molar-refractivity contribution is 0.405. The Bertz CT molecular complexity index is 737. The fourth-order valence-corrected chi connectivity index (χ4v) is 3.80. The Morgan fingerprint density at radius 2 is 1.96 bits per heavy atom. The molecule has 1 fully saturated rings. The fourth-order valence-electron chi connectivity index (χ4n) is 3.80. The highest BCUT2D eigenvalue weighted by atomic mass is 16.3. The van der Waals surface area contributed by atoms with Gasteiger partial charge in [0.05, 0.1) is 5.52 Å². The molecule has 0 radical (unpaired) electrons. The predicted octanol–water partition coefficient (Wildman–Crippen LogP) is 2.69. The summed E-state index contributed by atoms with van der Waals surface area (Å²) in [7, 11) is 0. The molecule has 1 aromatic heterocycles. The molecule has 0 amide bonds. The third-order valence-electron chi connectivity index (χ3n) is 5.00. The molecular weight excluding hydrogens is 290 g/mol. The molecule has 122 valence electrons. The van der Waals surface area contributed by atoms with Crippen LogP contribution in [0, 0.1) is 0 Å². The van der Waals surface area contributed by atoms with Crippen LogP contribution in [0.5, 0.6) is 11.5 Å². The minimum Gasteiger partial charge on any atom is -0.504 e. The number of nitrogens with zero attached hydrogens (tertiary/aromatic N) is 1. The van der Waals surface area contributed by atoms with E-state index in [1.807, 2.05) is 0 Å². The number of aryl methyl sites for hydroxylation is 1. The summed E-state index contributed by atoms with van der Waals surface area (Å²) in [6, 6.07) is 3.60. The van der Waals surface area contributed by atoms with Crippen molar-refractivity contribution in [2.75, 3.05) is 18.4 Å². The zero-order chi connectivity index (χ0) is 15.8. The first-order valence-corrected chi connectivity index (χ1v) is 8.57. The van der Waals surface area contributed by atoms with Gasteiger partial charge in [0, 0.05) is 35.4 Å². The molecule has 2 aliphatic rings. The van der Waals surface area contributed by atoms with Crippen molar-refractivity contribution in [2.45, 2.75) is 44.6 Å². The topological polar surface area (TPSA) is 77.4 Å². The molecule has 1 atom stereocenters. The second-order valence-electron chi connectivity index (χ2n) is 6.66. The molecule has 0 unspecified atom stereocenters. The molecule has 23 heavy (non-hydrogen) atoms. The van der Waals surface area contributed by atoms with E-state index in [1.165, 1.54) is 18.4 Å². The van der Waals surface area contributed by atoms with E-state index in [-0.39, 0.29) is 11.5 Å². The summed E-state index contributed by atoms with van der Waals surface area (Å²) in [4.78, 5) is 4.70. The van der Waals surface area contributed by atoms with Crippen LogP contribution in [0.3, 0.4) is 0 Å². The van der Waals surface area contributed by atoms with Gasteiger partial charge < -0.3 is 20.8 Å². The summed E-state index contributed by atoms with van der Waals surface area (Å²) in [6.45, 7) is 2.05. The van der Waals surface area contributed by atoms with Gasteiger partial charge in [-0.15, -0.1) is 0 Å². The van der Waals surface area contributed by atoms with Crippen molar-refractivity contribution in [2.24, 2.45) is 0 Å². The van der Waals surface area contributed by atoms with Gasteiger partial charge in [0.1, 0.15) is 0 Å². The number of benzene rings is 1. The largest absolute Gasteiger partial charge is 0.504 e. The van der Waals surface area contributed by atoms with E-state index in [9.17, 15) is 10.2 Å². The number of aromatic hydroxyl groups is 2. The van der Waals surface area contributed by atoms with Crippen LogP contribution >= 0.6 is 0 Å². The van der Waals surface area contributed by atoms with Gasteiger partial charge in [-0.25, -0.2) is 0 Å². The van der Waals surface area contributed by atoms with E-state index in [4.69, 9.17) is 4.98 Å². The maximum absolute atomic E-state index is 9.92. The smallest absolute Gasteiger partial charge is 0.159 e. The van der Waals surface area contributed by atoms with E-state index in [0.29, 0.717) is 6.04 Å². The van der Waals surface area contributed by atoms with E-state index in [2.05, 4.69) is 10.6 Å². The predicted molar refractivity (Wildman–Crippen MR) is 91.2 cm³/mol. The SMILES string of the molecule is Oc1cc2nc3c(c(N[C@@H]4CCCCNC4)c2cc1O)CCC3. The molecule has 1 aliphatic heterocycles. The minimum absolute atomic E-state index is 0.0840. The van der Waals surface area contributed by atoms with E-state index >= 15 is 0 Å². The highest BCUT2D eigenvalue weighted by Crippen LogP contribution is 2.39. The summed E-state index contributed by atoms with van der Waals surface area (Å²) in [5.74, 6) is -0.190. The highest BCUT2D eigenvalue weighted by molar-refractivity contribution is 5.96. The lowest BCUT2D eigenvalue weighted by Gasteiger charge is -2.22. The molecule has 2 heterocycles. The second-order valence-corrected chi connectivity index (χ2v) is 6.66. The third kappa shape index (κ3) is 2.70. The van der Waals surface area contributed by atoms with Gasteiger partial charge in [-0.2, -0.15) is 0 Å². The van der Waals surface area contributed by atoms with Crippen molar-refractivity contribution < 1.29 is 10.2 Å².